The lowest BCUT2D eigenvalue weighted by molar-refractivity contribution is -0.148. The maximum atomic E-state index is 13.1. The van der Waals surface area contributed by atoms with Crippen molar-refractivity contribution in [1.29, 1.82) is 0 Å². The summed E-state index contributed by atoms with van der Waals surface area (Å²) < 4.78 is 5.74. The predicted octanol–water partition coefficient (Wildman–Crippen LogP) is 0.945. The molecule has 0 saturated carbocycles. The third kappa shape index (κ3) is 1.67. The van der Waals surface area contributed by atoms with Crippen LogP contribution in [0.1, 0.15) is 12.0 Å². The van der Waals surface area contributed by atoms with E-state index >= 15 is 0 Å². The first-order chi connectivity index (χ1) is 11.1. The Morgan fingerprint density at radius 2 is 2.13 bits per heavy atom. The molecule has 3 atom stereocenters. The van der Waals surface area contributed by atoms with Gasteiger partial charge in [0.1, 0.15) is 17.8 Å². The highest BCUT2D eigenvalue weighted by molar-refractivity contribution is 6.13. The number of Topliss-reactive ketones (excluding diaryl/α,β-unsaturated/α-hetero) is 1. The summed E-state index contributed by atoms with van der Waals surface area (Å²) in [6.07, 6.45) is 1.64. The molecular weight excluding hydrogens is 298 g/mol. The molecule has 3 aliphatic heterocycles. The van der Waals surface area contributed by atoms with Crippen molar-refractivity contribution in [3.63, 3.8) is 0 Å². The van der Waals surface area contributed by atoms with Gasteiger partial charge in [-0.2, -0.15) is 5.06 Å². The van der Waals surface area contributed by atoms with Gasteiger partial charge in [0.15, 0.2) is 5.78 Å². The summed E-state index contributed by atoms with van der Waals surface area (Å²) in [5.41, 5.74) is 0.320. The van der Waals surface area contributed by atoms with Crippen molar-refractivity contribution in [1.82, 2.24) is 0 Å². The summed E-state index contributed by atoms with van der Waals surface area (Å²) in [4.78, 5) is 42.4. The Morgan fingerprint density at radius 1 is 1.35 bits per heavy atom. The highest BCUT2D eigenvalue weighted by Crippen LogP contribution is 2.50. The zero-order chi connectivity index (χ0) is 16.2. The number of ketones is 1. The summed E-state index contributed by atoms with van der Waals surface area (Å²) in [6.45, 7) is 0.269. The number of carbonyl (C=O) groups excluding carboxylic acids is 3. The molecule has 1 saturated heterocycles. The normalized spacial score (nSPS) is 32.0. The molecule has 1 fully saturated rings. The number of fused-ring (bicyclic) bond motifs is 3. The van der Waals surface area contributed by atoms with E-state index in [0.29, 0.717) is 16.8 Å². The number of benzene rings is 1. The van der Waals surface area contributed by atoms with E-state index in [1.165, 1.54) is 12.2 Å². The van der Waals surface area contributed by atoms with Gasteiger partial charge in [-0.1, -0.05) is 24.3 Å². The van der Waals surface area contributed by atoms with Gasteiger partial charge in [-0.3, -0.25) is 19.2 Å². The lowest BCUT2D eigenvalue weighted by Crippen LogP contribution is -2.52. The second-order valence-corrected chi connectivity index (χ2v) is 6.01. The summed E-state index contributed by atoms with van der Waals surface area (Å²) in [5.74, 6) is -0.843. The van der Waals surface area contributed by atoms with E-state index in [2.05, 4.69) is 0 Å². The van der Waals surface area contributed by atoms with Crippen LogP contribution in [0.2, 0.25) is 0 Å². The van der Waals surface area contributed by atoms with Crippen LogP contribution in [-0.2, 0) is 29.4 Å². The molecule has 1 aliphatic carbocycles. The van der Waals surface area contributed by atoms with E-state index < -0.39 is 17.4 Å². The Hall–Kier alpha value is -2.31. The van der Waals surface area contributed by atoms with E-state index in [-0.39, 0.29) is 24.7 Å². The van der Waals surface area contributed by atoms with Gasteiger partial charge in [0.05, 0.1) is 19.4 Å². The van der Waals surface area contributed by atoms with E-state index in [0.717, 1.165) is 6.29 Å². The highest BCUT2D eigenvalue weighted by atomic mass is 16.7. The van der Waals surface area contributed by atoms with Crippen LogP contribution in [0, 0.1) is 5.92 Å². The molecule has 6 heteroatoms. The molecule has 23 heavy (non-hydrogen) atoms. The molecule has 3 unspecified atom stereocenters. The largest absolute Gasteiger partial charge is 0.368 e. The number of hydrogen-bond acceptors (Lipinski definition) is 5. The fraction of sp³-hybridized carbons (Fsp3) is 0.353. The number of carbonyl (C=O) groups is 3. The van der Waals surface area contributed by atoms with Gasteiger partial charge in [-0.15, -0.1) is 0 Å². The maximum absolute atomic E-state index is 13.1. The van der Waals surface area contributed by atoms with Crippen LogP contribution in [0.15, 0.2) is 35.9 Å². The molecule has 118 valence electrons. The fourth-order valence-corrected chi connectivity index (χ4v) is 3.87. The molecule has 6 nitrogen and oxygen atoms in total. The molecule has 1 aromatic carbocycles. The number of hydroxylamine groups is 1. The van der Waals surface area contributed by atoms with Crippen LogP contribution < -0.4 is 5.06 Å². The van der Waals surface area contributed by atoms with Crippen molar-refractivity contribution >= 4 is 23.7 Å². The van der Waals surface area contributed by atoms with E-state index in [1.54, 1.807) is 30.3 Å². The van der Waals surface area contributed by atoms with Gasteiger partial charge >= 0.3 is 0 Å². The van der Waals surface area contributed by atoms with Crippen molar-refractivity contribution < 1.29 is 24.0 Å². The molecule has 2 bridgehead atoms. The number of nitrogens with zero attached hydrogens (tertiary/aromatic N) is 1. The summed E-state index contributed by atoms with van der Waals surface area (Å²) in [7, 11) is 1.40. The summed E-state index contributed by atoms with van der Waals surface area (Å²) >= 11 is 0. The Bertz CT molecular complexity index is 755. The van der Waals surface area contributed by atoms with Crippen molar-refractivity contribution in [2.45, 2.75) is 17.9 Å². The van der Waals surface area contributed by atoms with E-state index in [4.69, 9.17) is 9.57 Å². The van der Waals surface area contributed by atoms with Crippen LogP contribution in [0.25, 0.3) is 0 Å². The van der Waals surface area contributed by atoms with Gasteiger partial charge in [0, 0.05) is 17.9 Å². The zero-order valence-corrected chi connectivity index (χ0v) is 12.5. The minimum absolute atomic E-state index is 0.157. The third-order valence-electron chi connectivity index (χ3n) is 4.91. The van der Waals surface area contributed by atoms with Gasteiger partial charge in [0.2, 0.25) is 0 Å². The zero-order valence-electron chi connectivity index (χ0n) is 12.5. The quantitative estimate of drug-likeness (QED) is 0.760. The molecule has 3 heterocycles. The number of aldehydes is 1. The molecular formula is C17H15NO5. The predicted molar refractivity (Wildman–Crippen MR) is 79.6 cm³/mol. The molecule has 4 aliphatic rings. The first-order valence-corrected chi connectivity index (χ1v) is 7.44. The number of anilines is 1. The van der Waals surface area contributed by atoms with Gasteiger partial charge < -0.3 is 4.74 Å². The lowest BCUT2D eigenvalue weighted by atomic mass is 9.74. The molecule has 1 spiro atoms. The van der Waals surface area contributed by atoms with E-state index in [1.807, 2.05) is 0 Å². The van der Waals surface area contributed by atoms with Crippen molar-refractivity contribution in [2.75, 3.05) is 18.8 Å². The summed E-state index contributed by atoms with van der Waals surface area (Å²) in [6, 6.07) is 7.11. The average Bonchev–Trinajstić information content (AvgIpc) is 2.68. The second-order valence-electron chi connectivity index (χ2n) is 6.01. The third-order valence-corrected chi connectivity index (χ3v) is 4.91. The van der Waals surface area contributed by atoms with Crippen LogP contribution >= 0.6 is 0 Å². The molecule has 0 N–H and O–H groups in total. The number of amides is 1. The minimum Gasteiger partial charge on any atom is -0.368 e. The van der Waals surface area contributed by atoms with Crippen LogP contribution in [0.3, 0.4) is 0 Å². The number of hydrogen-bond donors (Lipinski definition) is 0. The van der Waals surface area contributed by atoms with Crippen molar-refractivity contribution in [3.05, 3.63) is 41.5 Å². The number of ether oxygens (including phenoxy) is 1. The molecule has 5 rings (SSSR count). The number of rotatable bonds is 2. The van der Waals surface area contributed by atoms with Crippen LogP contribution in [0.4, 0.5) is 5.69 Å². The molecule has 1 amide bonds. The Kier molecular flexibility index (Phi) is 3.01. The molecule has 0 radical (unpaired) electrons. The fourth-order valence-electron chi connectivity index (χ4n) is 3.87. The average molecular weight is 313 g/mol. The van der Waals surface area contributed by atoms with Crippen LogP contribution in [-0.4, -0.2) is 37.8 Å². The minimum atomic E-state index is -1.33. The maximum Gasteiger partial charge on any atom is 0.268 e. The molecule has 0 aromatic heterocycles. The standard InChI is InChI=1S/C17H15NO5/c1-22-18-13-5-3-2-4-12(13)17(16(18)21)7-11(8-19)10-6-14(20)15(17)23-9-10/h2-5,7-8,10,15H,6,9H2,1H3. The monoisotopic (exact) mass is 313 g/mol. The Morgan fingerprint density at radius 3 is 2.83 bits per heavy atom. The first kappa shape index (κ1) is 14.3. The van der Waals surface area contributed by atoms with Gasteiger partial charge in [0.25, 0.3) is 5.91 Å². The summed E-state index contributed by atoms with van der Waals surface area (Å²) in [5, 5.41) is 1.17. The SMILES string of the molecule is CON1C(=O)C2(C=C(C=O)C3COC2C(=O)C3)c2ccccc21. The second kappa shape index (κ2) is 4.84. The van der Waals surface area contributed by atoms with Gasteiger partial charge in [-0.05, 0) is 11.6 Å². The van der Waals surface area contributed by atoms with E-state index in [9.17, 15) is 14.4 Å². The van der Waals surface area contributed by atoms with Crippen molar-refractivity contribution in [3.8, 4) is 0 Å². The Labute approximate surface area is 132 Å². The lowest BCUT2D eigenvalue weighted by Gasteiger charge is -2.33. The topological polar surface area (TPSA) is 72.9 Å². The Balaban J connectivity index is 2.03. The smallest absolute Gasteiger partial charge is 0.268 e. The number of para-hydroxylation sites is 1. The first-order valence-electron chi connectivity index (χ1n) is 7.44. The van der Waals surface area contributed by atoms with Crippen molar-refractivity contribution in [2.24, 2.45) is 5.92 Å². The molecule has 1 aromatic rings. The van der Waals surface area contributed by atoms with Crippen LogP contribution in [0.5, 0.6) is 0 Å². The highest BCUT2D eigenvalue weighted by Gasteiger charge is 2.61. The van der Waals surface area contributed by atoms with Gasteiger partial charge in [-0.25, -0.2) is 0 Å².